The third kappa shape index (κ3) is 3.38. The van der Waals surface area contributed by atoms with Gasteiger partial charge in [0.25, 0.3) is 0 Å². The Morgan fingerprint density at radius 2 is 1.93 bits per heavy atom. The summed E-state index contributed by atoms with van der Waals surface area (Å²) in [4.78, 5) is 0. The first-order valence-corrected chi connectivity index (χ1v) is 6.33. The molecule has 3 nitrogen and oxygen atoms in total. The molecule has 0 atom stereocenters. The number of hydrogen-bond acceptors (Lipinski definition) is 2. The van der Waals surface area contributed by atoms with Gasteiger partial charge in [0.05, 0.1) is 0 Å². The van der Waals surface area contributed by atoms with Crippen molar-refractivity contribution < 1.29 is 12.8 Å². The first kappa shape index (κ1) is 11.7. The molecular weight excluding hydrogens is 205 g/mol. The van der Waals surface area contributed by atoms with Gasteiger partial charge in [-0.25, -0.2) is 17.5 Å². The van der Waals surface area contributed by atoms with Crippen LogP contribution in [0.25, 0.3) is 0 Å². The van der Waals surface area contributed by atoms with Crippen molar-refractivity contribution in [1.29, 1.82) is 0 Å². The second-order valence-corrected chi connectivity index (χ2v) is 5.46. The molecule has 0 radical (unpaired) electrons. The topological polar surface area (TPSA) is 46.2 Å². The van der Waals surface area contributed by atoms with Gasteiger partial charge in [0.1, 0.15) is 5.67 Å². The lowest BCUT2D eigenvalue weighted by molar-refractivity contribution is 0.112. The minimum Gasteiger partial charge on any atom is -0.242 e. The molecule has 0 amide bonds. The Balaban J connectivity index is 2.47. The summed E-state index contributed by atoms with van der Waals surface area (Å²) in [6.07, 6.45) is 3.62. The predicted molar refractivity (Wildman–Crippen MR) is 54.0 cm³/mol. The molecule has 1 N–H and O–H groups in total. The van der Waals surface area contributed by atoms with E-state index in [1.807, 2.05) is 0 Å². The van der Waals surface area contributed by atoms with E-state index >= 15 is 0 Å². The highest BCUT2D eigenvalue weighted by Gasteiger charge is 2.32. The van der Waals surface area contributed by atoms with Gasteiger partial charge in [0.2, 0.25) is 10.0 Å². The Labute approximate surface area is 84.4 Å². The number of hydrogen-bond donors (Lipinski definition) is 1. The SMILES string of the molecule is C=CS(=O)(=O)NCC1(F)CCCCC1. The smallest absolute Gasteiger partial charge is 0.233 e. The van der Waals surface area contributed by atoms with Crippen LogP contribution in [-0.2, 0) is 10.0 Å². The molecule has 5 heteroatoms. The number of alkyl halides is 1. The monoisotopic (exact) mass is 221 g/mol. The summed E-state index contributed by atoms with van der Waals surface area (Å²) in [6, 6.07) is 0. The van der Waals surface area contributed by atoms with Crippen molar-refractivity contribution in [2.45, 2.75) is 37.8 Å². The molecule has 0 spiro atoms. The fourth-order valence-electron chi connectivity index (χ4n) is 1.65. The molecule has 0 unspecified atom stereocenters. The fourth-order valence-corrected chi connectivity index (χ4v) is 2.23. The van der Waals surface area contributed by atoms with Gasteiger partial charge in [0, 0.05) is 12.0 Å². The quantitative estimate of drug-likeness (QED) is 0.785. The molecule has 82 valence electrons. The molecule has 1 aliphatic rings. The van der Waals surface area contributed by atoms with Crippen LogP contribution in [0.1, 0.15) is 32.1 Å². The van der Waals surface area contributed by atoms with E-state index in [9.17, 15) is 12.8 Å². The van der Waals surface area contributed by atoms with E-state index in [-0.39, 0.29) is 6.54 Å². The van der Waals surface area contributed by atoms with Crippen molar-refractivity contribution in [2.75, 3.05) is 6.54 Å². The summed E-state index contributed by atoms with van der Waals surface area (Å²) in [5.41, 5.74) is -1.35. The van der Waals surface area contributed by atoms with Crippen LogP contribution in [0.5, 0.6) is 0 Å². The average Bonchev–Trinajstić information content (AvgIpc) is 2.17. The summed E-state index contributed by atoms with van der Waals surface area (Å²) in [7, 11) is -3.48. The zero-order valence-electron chi connectivity index (χ0n) is 8.13. The molecular formula is C9H16FNO2S. The maximum atomic E-state index is 13.9. The molecule has 0 aliphatic heterocycles. The first-order valence-electron chi connectivity index (χ1n) is 4.78. The van der Waals surface area contributed by atoms with Gasteiger partial charge in [-0.1, -0.05) is 25.8 Å². The van der Waals surface area contributed by atoms with Gasteiger partial charge in [0.15, 0.2) is 0 Å². The van der Waals surface area contributed by atoms with Crippen molar-refractivity contribution in [3.8, 4) is 0 Å². The van der Waals surface area contributed by atoms with Crippen LogP contribution in [0.3, 0.4) is 0 Å². The summed E-state index contributed by atoms with van der Waals surface area (Å²) >= 11 is 0. The Morgan fingerprint density at radius 3 is 2.43 bits per heavy atom. The van der Waals surface area contributed by atoms with Crippen molar-refractivity contribution in [1.82, 2.24) is 4.72 Å². The van der Waals surface area contributed by atoms with Crippen molar-refractivity contribution in [3.63, 3.8) is 0 Å². The molecule has 1 aliphatic carbocycles. The van der Waals surface area contributed by atoms with Crippen LogP contribution in [0.2, 0.25) is 0 Å². The maximum absolute atomic E-state index is 13.9. The second-order valence-electron chi connectivity index (χ2n) is 3.74. The number of rotatable bonds is 4. The highest BCUT2D eigenvalue weighted by atomic mass is 32.2. The molecule has 0 bridgehead atoms. The molecule has 14 heavy (non-hydrogen) atoms. The number of halogens is 1. The summed E-state index contributed by atoms with van der Waals surface area (Å²) in [5.74, 6) is 0. The second kappa shape index (κ2) is 4.40. The maximum Gasteiger partial charge on any atom is 0.233 e. The largest absolute Gasteiger partial charge is 0.242 e. The van der Waals surface area contributed by atoms with E-state index in [1.165, 1.54) is 0 Å². The van der Waals surface area contributed by atoms with Crippen LogP contribution in [0.4, 0.5) is 4.39 Å². The molecule has 0 heterocycles. The summed E-state index contributed by atoms with van der Waals surface area (Å²) in [6.45, 7) is 3.02. The molecule has 0 aromatic carbocycles. The van der Waals surface area contributed by atoms with Crippen LogP contribution in [0, 0.1) is 0 Å². The van der Waals surface area contributed by atoms with Crippen LogP contribution < -0.4 is 4.72 Å². The van der Waals surface area contributed by atoms with E-state index in [0.717, 1.165) is 24.7 Å². The third-order valence-corrected chi connectivity index (χ3v) is 3.54. The lowest BCUT2D eigenvalue weighted by Crippen LogP contribution is -2.40. The van der Waals surface area contributed by atoms with Gasteiger partial charge in [-0.05, 0) is 12.8 Å². The molecule has 0 aromatic rings. The van der Waals surface area contributed by atoms with E-state index in [2.05, 4.69) is 11.3 Å². The Hall–Kier alpha value is -0.420. The number of sulfonamides is 1. The van der Waals surface area contributed by atoms with E-state index < -0.39 is 15.7 Å². The average molecular weight is 221 g/mol. The zero-order chi connectivity index (χ0) is 10.7. The van der Waals surface area contributed by atoms with Crippen LogP contribution in [-0.4, -0.2) is 20.6 Å². The fraction of sp³-hybridized carbons (Fsp3) is 0.778. The molecule has 0 aromatic heterocycles. The van der Waals surface area contributed by atoms with Gasteiger partial charge in [-0.15, -0.1) is 0 Å². The predicted octanol–water partition coefficient (Wildman–Crippen LogP) is 1.72. The van der Waals surface area contributed by atoms with E-state index in [1.54, 1.807) is 0 Å². The standard InChI is InChI=1S/C9H16FNO2S/c1-2-14(12,13)11-8-9(10)6-4-3-5-7-9/h2,11H,1,3-8H2. The van der Waals surface area contributed by atoms with Crippen molar-refractivity contribution >= 4 is 10.0 Å². The van der Waals surface area contributed by atoms with Crippen molar-refractivity contribution in [3.05, 3.63) is 12.0 Å². The van der Waals surface area contributed by atoms with E-state index in [0.29, 0.717) is 12.8 Å². The Kier molecular flexibility index (Phi) is 3.66. The highest BCUT2D eigenvalue weighted by Crippen LogP contribution is 2.31. The lowest BCUT2D eigenvalue weighted by atomic mass is 9.87. The van der Waals surface area contributed by atoms with Gasteiger partial charge >= 0.3 is 0 Å². The molecule has 1 fully saturated rings. The molecule has 1 rings (SSSR count). The Bertz CT molecular complexity index is 294. The molecule has 1 saturated carbocycles. The number of nitrogens with one attached hydrogen (secondary N) is 1. The molecule has 0 saturated heterocycles. The minimum atomic E-state index is -3.48. The normalized spacial score (nSPS) is 21.8. The van der Waals surface area contributed by atoms with Crippen molar-refractivity contribution in [2.24, 2.45) is 0 Å². The minimum absolute atomic E-state index is 0.124. The first-order chi connectivity index (χ1) is 6.47. The van der Waals surface area contributed by atoms with Gasteiger partial charge in [-0.2, -0.15) is 0 Å². The summed E-state index contributed by atoms with van der Waals surface area (Å²) in [5, 5.41) is 0.805. The Morgan fingerprint density at radius 1 is 1.36 bits per heavy atom. The van der Waals surface area contributed by atoms with Crippen LogP contribution in [0.15, 0.2) is 12.0 Å². The van der Waals surface area contributed by atoms with Gasteiger partial charge < -0.3 is 0 Å². The van der Waals surface area contributed by atoms with E-state index in [4.69, 9.17) is 0 Å². The van der Waals surface area contributed by atoms with Gasteiger partial charge in [-0.3, -0.25) is 0 Å². The summed E-state index contributed by atoms with van der Waals surface area (Å²) < 4.78 is 38.1. The highest BCUT2D eigenvalue weighted by molar-refractivity contribution is 7.92. The lowest BCUT2D eigenvalue weighted by Gasteiger charge is -2.29. The third-order valence-electron chi connectivity index (χ3n) is 2.56. The van der Waals surface area contributed by atoms with Crippen LogP contribution >= 0.6 is 0 Å². The zero-order valence-corrected chi connectivity index (χ0v) is 8.95.